The summed E-state index contributed by atoms with van der Waals surface area (Å²) in [5.41, 5.74) is 0.786. The largest absolute Gasteiger partial charge is 0.469 e. The van der Waals surface area contributed by atoms with E-state index in [1.165, 1.54) is 7.11 Å². The summed E-state index contributed by atoms with van der Waals surface area (Å²) in [6, 6.07) is 6.62. The number of methoxy groups -OCH3 is 1. The van der Waals surface area contributed by atoms with Gasteiger partial charge in [-0.15, -0.1) is 0 Å². The van der Waals surface area contributed by atoms with Crippen molar-refractivity contribution in [3.63, 3.8) is 0 Å². The Kier molecular flexibility index (Phi) is 6.45. The van der Waals surface area contributed by atoms with Crippen molar-refractivity contribution in [3.05, 3.63) is 34.9 Å². The number of halogens is 1. The van der Waals surface area contributed by atoms with E-state index in [1.807, 2.05) is 0 Å². The summed E-state index contributed by atoms with van der Waals surface area (Å²) in [7, 11) is -2.17. The average molecular weight is 320 g/mol. The maximum absolute atomic E-state index is 11.9. The van der Waals surface area contributed by atoms with Gasteiger partial charge < -0.3 is 4.74 Å². The average Bonchev–Trinajstić information content (AvgIpc) is 2.37. The smallest absolute Gasteiger partial charge is 0.305 e. The van der Waals surface area contributed by atoms with Crippen molar-refractivity contribution in [2.45, 2.75) is 25.8 Å². The topological polar surface area (TPSA) is 72.5 Å². The second-order valence-corrected chi connectivity index (χ2v) is 6.70. The maximum atomic E-state index is 11.9. The van der Waals surface area contributed by atoms with Crippen molar-refractivity contribution in [2.75, 3.05) is 12.9 Å². The Morgan fingerprint density at radius 1 is 1.45 bits per heavy atom. The first-order valence-corrected chi connectivity index (χ1v) is 8.19. The number of rotatable bonds is 7. The Morgan fingerprint density at radius 3 is 2.75 bits per heavy atom. The van der Waals surface area contributed by atoms with E-state index < -0.39 is 16.0 Å². The van der Waals surface area contributed by atoms with Gasteiger partial charge in [0.1, 0.15) is 0 Å². The Bertz CT molecular complexity index is 559. The van der Waals surface area contributed by atoms with Crippen LogP contribution in [0.15, 0.2) is 24.3 Å². The van der Waals surface area contributed by atoms with Crippen molar-refractivity contribution >= 4 is 27.6 Å². The van der Waals surface area contributed by atoms with Gasteiger partial charge in [0.25, 0.3) is 0 Å². The number of hydrogen-bond donors (Lipinski definition) is 1. The highest BCUT2D eigenvalue weighted by Gasteiger charge is 2.16. The number of sulfonamides is 1. The van der Waals surface area contributed by atoms with Crippen molar-refractivity contribution in [1.29, 1.82) is 0 Å². The van der Waals surface area contributed by atoms with E-state index in [4.69, 9.17) is 11.6 Å². The van der Waals surface area contributed by atoms with Crippen LogP contribution in [-0.2, 0) is 19.6 Å². The van der Waals surface area contributed by atoms with Gasteiger partial charge in [0.15, 0.2) is 0 Å². The van der Waals surface area contributed by atoms with E-state index in [0.29, 0.717) is 5.02 Å². The third kappa shape index (κ3) is 5.90. The van der Waals surface area contributed by atoms with Gasteiger partial charge in [0, 0.05) is 17.5 Å². The Hall–Kier alpha value is -1.11. The first-order valence-electron chi connectivity index (χ1n) is 6.16. The second-order valence-electron chi connectivity index (χ2n) is 4.39. The van der Waals surface area contributed by atoms with Gasteiger partial charge in [-0.1, -0.05) is 23.7 Å². The van der Waals surface area contributed by atoms with E-state index in [-0.39, 0.29) is 24.6 Å². The number of nitrogens with one attached hydrogen (secondary N) is 1. The van der Waals surface area contributed by atoms with Crippen LogP contribution in [-0.4, -0.2) is 27.2 Å². The lowest BCUT2D eigenvalue weighted by molar-refractivity contribution is -0.140. The molecule has 0 unspecified atom stereocenters. The summed E-state index contributed by atoms with van der Waals surface area (Å²) < 4.78 is 30.8. The minimum Gasteiger partial charge on any atom is -0.469 e. The standard InChI is InChI=1S/C13H18ClNO4S/c1-10(11-5-3-6-12(14)9-11)15-20(17,18)8-4-7-13(16)19-2/h3,5-6,9-10,15H,4,7-8H2,1-2H3/t10-/m1/s1. The molecule has 0 heterocycles. The lowest BCUT2D eigenvalue weighted by Gasteiger charge is -2.14. The number of carbonyl (C=O) groups is 1. The first kappa shape index (κ1) is 16.9. The van der Waals surface area contributed by atoms with E-state index in [1.54, 1.807) is 31.2 Å². The van der Waals surface area contributed by atoms with E-state index in [9.17, 15) is 13.2 Å². The molecule has 7 heteroatoms. The zero-order valence-corrected chi connectivity index (χ0v) is 13.0. The molecule has 0 spiro atoms. The molecule has 20 heavy (non-hydrogen) atoms. The molecule has 0 saturated carbocycles. The third-order valence-electron chi connectivity index (χ3n) is 2.73. The quantitative estimate of drug-likeness (QED) is 0.783. The molecule has 0 saturated heterocycles. The van der Waals surface area contributed by atoms with Crippen LogP contribution in [0.25, 0.3) is 0 Å². The predicted molar refractivity (Wildman–Crippen MR) is 78.0 cm³/mol. The summed E-state index contributed by atoms with van der Waals surface area (Å²) >= 11 is 5.87. The lowest BCUT2D eigenvalue weighted by Crippen LogP contribution is -2.29. The summed E-state index contributed by atoms with van der Waals surface area (Å²) in [5, 5.41) is 0.555. The molecule has 5 nitrogen and oxygen atoms in total. The van der Waals surface area contributed by atoms with Crippen molar-refractivity contribution < 1.29 is 17.9 Å². The normalized spacial score (nSPS) is 12.9. The molecule has 1 atom stereocenters. The van der Waals surface area contributed by atoms with Crippen LogP contribution in [0.2, 0.25) is 5.02 Å². The second kappa shape index (κ2) is 7.61. The number of hydrogen-bond acceptors (Lipinski definition) is 4. The van der Waals surface area contributed by atoms with Crippen LogP contribution in [0, 0.1) is 0 Å². The van der Waals surface area contributed by atoms with Crippen molar-refractivity contribution in [2.24, 2.45) is 0 Å². The van der Waals surface area contributed by atoms with Gasteiger partial charge in [0.05, 0.1) is 12.9 Å². The Balaban J connectivity index is 2.55. The molecule has 0 aliphatic heterocycles. The van der Waals surface area contributed by atoms with Gasteiger partial charge in [-0.3, -0.25) is 4.79 Å². The molecule has 0 aromatic heterocycles. The summed E-state index contributed by atoms with van der Waals surface area (Å²) in [6.45, 7) is 1.74. The van der Waals surface area contributed by atoms with Crippen LogP contribution in [0.1, 0.15) is 31.4 Å². The van der Waals surface area contributed by atoms with E-state index in [2.05, 4.69) is 9.46 Å². The molecule has 112 valence electrons. The van der Waals surface area contributed by atoms with Crippen LogP contribution < -0.4 is 4.72 Å². The van der Waals surface area contributed by atoms with E-state index >= 15 is 0 Å². The zero-order valence-electron chi connectivity index (χ0n) is 11.4. The number of carbonyl (C=O) groups excluding carboxylic acids is 1. The molecule has 1 N–H and O–H groups in total. The highest BCUT2D eigenvalue weighted by molar-refractivity contribution is 7.89. The fourth-order valence-corrected chi connectivity index (χ4v) is 3.20. The molecule has 0 bridgehead atoms. The molecular weight excluding hydrogens is 302 g/mol. The Morgan fingerprint density at radius 2 is 2.15 bits per heavy atom. The molecule has 0 aliphatic carbocycles. The molecular formula is C13H18ClNO4S. The monoisotopic (exact) mass is 319 g/mol. The summed E-state index contributed by atoms with van der Waals surface area (Å²) in [5.74, 6) is -0.532. The highest BCUT2D eigenvalue weighted by Crippen LogP contribution is 2.18. The predicted octanol–water partition coefficient (Wildman–Crippen LogP) is 2.27. The van der Waals surface area contributed by atoms with Gasteiger partial charge in [-0.2, -0.15) is 0 Å². The molecule has 1 aromatic rings. The van der Waals surface area contributed by atoms with Gasteiger partial charge in [0.2, 0.25) is 10.0 Å². The number of ether oxygens (including phenoxy) is 1. The highest BCUT2D eigenvalue weighted by atomic mass is 35.5. The van der Waals surface area contributed by atoms with Crippen LogP contribution >= 0.6 is 11.6 Å². The fraction of sp³-hybridized carbons (Fsp3) is 0.462. The number of esters is 1. The zero-order chi connectivity index (χ0) is 15.2. The molecule has 0 fully saturated rings. The van der Waals surface area contributed by atoms with Crippen LogP contribution in [0.4, 0.5) is 0 Å². The van der Waals surface area contributed by atoms with Gasteiger partial charge in [-0.05, 0) is 31.0 Å². The van der Waals surface area contributed by atoms with Crippen LogP contribution in [0.5, 0.6) is 0 Å². The molecule has 0 amide bonds. The first-order chi connectivity index (χ1) is 9.34. The van der Waals surface area contributed by atoms with Crippen molar-refractivity contribution in [3.8, 4) is 0 Å². The minimum atomic E-state index is -3.45. The molecule has 0 radical (unpaired) electrons. The van der Waals surface area contributed by atoms with E-state index in [0.717, 1.165) is 5.56 Å². The van der Waals surface area contributed by atoms with Crippen LogP contribution in [0.3, 0.4) is 0 Å². The summed E-state index contributed by atoms with van der Waals surface area (Å²) in [4.78, 5) is 10.9. The third-order valence-corrected chi connectivity index (χ3v) is 4.50. The van der Waals surface area contributed by atoms with Gasteiger partial charge >= 0.3 is 5.97 Å². The molecule has 0 aliphatic rings. The fourth-order valence-electron chi connectivity index (χ4n) is 1.68. The number of benzene rings is 1. The molecule has 1 rings (SSSR count). The van der Waals surface area contributed by atoms with Crippen molar-refractivity contribution in [1.82, 2.24) is 4.72 Å². The maximum Gasteiger partial charge on any atom is 0.305 e. The van der Waals surface area contributed by atoms with Gasteiger partial charge in [-0.25, -0.2) is 13.1 Å². The lowest BCUT2D eigenvalue weighted by atomic mass is 10.1. The molecule has 1 aromatic carbocycles. The summed E-state index contributed by atoms with van der Waals surface area (Å²) in [6.07, 6.45) is 0.313. The Labute approximate surface area is 124 Å². The SMILES string of the molecule is COC(=O)CCCS(=O)(=O)N[C@H](C)c1cccc(Cl)c1. The minimum absolute atomic E-state index is 0.0863.